The first-order valence-electron chi connectivity index (χ1n) is 9.95. The van der Waals surface area contributed by atoms with Crippen molar-refractivity contribution in [2.45, 2.75) is 51.0 Å². The highest BCUT2D eigenvalue weighted by Crippen LogP contribution is 2.29. The molecule has 2 saturated heterocycles. The van der Waals surface area contributed by atoms with Crippen molar-refractivity contribution in [2.75, 3.05) is 33.9 Å². The molecule has 2 fully saturated rings. The summed E-state index contributed by atoms with van der Waals surface area (Å²) in [6.45, 7) is 2.82. The Labute approximate surface area is 169 Å². The molecule has 2 atom stereocenters. The molecule has 0 radical (unpaired) electrons. The van der Waals surface area contributed by atoms with Gasteiger partial charge in [0.15, 0.2) is 11.5 Å². The van der Waals surface area contributed by atoms with Gasteiger partial charge in [-0.15, -0.1) is 12.4 Å². The third-order valence-corrected chi connectivity index (χ3v) is 5.77. The van der Waals surface area contributed by atoms with Gasteiger partial charge in [0.25, 0.3) is 0 Å². The second kappa shape index (κ2) is 10.8. The number of hydrogen-bond donors (Lipinski definition) is 1. The molecule has 152 valence electrons. The standard InChI is InChI=1S/C21H32N2O3.ClH/c1-25-19-11-9-16(14-20(19)26-2)8-10-18-7-3-4-13-23(18)21(24)17-6-5-12-22-15-17;/h9,11,14,17-18,22H,3-8,10,12-13,15H2,1-2H3;1H. The third kappa shape index (κ3) is 5.52. The van der Waals surface area contributed by atoms with Gasteiger partial charge in [-0.25, -0.2) is 0 Å². The minimum Gasteiger partial charge on any atom is -0.493 e. The molecule has 2 unspecified atom stereocenters. The summed E-state index contributed by atoms with van der Waals surface area (Å²) in [4.78, 5) is 15.2. The molecule has 6 heteroatoms. The average molecular weight is 397 g/mol. The topological polar surface area (TPSA) is 50.8 Å². The molecule has 0 saturated carbocycles. The number of benzene rings is 1. The summed E-state index contributed by atoms with van der Waals surface area (Å²) in [6.07, 6.45) is 7.60. The van der Waals surface area contributed by atoms with Crippen LogP contribution in [0.25, 0.3) is 0 Å². The minimum atomic E-state index is 0. The number of carbonyl (C=O) groups is 1. The SMILES string of the molecule is COc1ccc(CCC2CCCCN2C(=O)C2CCCNC2)cc1OC.Cl. The Morgan fingerprint density at radius 1 is 1.15 bits per heavy atom. The lowest BCUT2D eigenvalue weighted by molar-refractivity contribution is -0.140. The summed E-state index contributed by atoms with van der Waals surface area (Å²) in [5.74, 6) is 2.07. The third-order valence-electron chi connectivity index (χ3n) is 5.77. The van der Waals surface area contributed by atoms with Crippen LogP contribution in [0.15, 0.2) is 18.2 Å². The number of methoxy groups -OCH3 is 2. The van der Waals surface area contributed by atoms with E-state index in [1.165, 1.54) is 12.0 Å². The van der Waals surface area contributed by atoms with Gasteiger partial charge in [-0.2, -0.15) is 0 Å². The Morgan fingerprint density at radius 3 is 2.67 bits per heavy atom. The highest BCUT2D eigenvalue weighted by atomic mass is 35.5. The van der Waals surface area contributed by atoms with Crippen LogP contribution in [0.4, 0.5) is 0 Å². The van der Waals surface area contributed by atoms with E-state index in [4.69, 9.17) is 9.47 Å². The number of carbonyl (C=O) groups excluding carboxylic acids is 1. The summed E-state index contributed by atoms with van der Waals surface area (Å²) in [6, 6.07) is 6.48. The molecule has 0 bridgehead atoms. The number of aryl methyl sites for hydroxylation is 1. The van der Waals surface area contributed by atoms with Gasteiger partial charge in [-0.05, 0) is 69.2 Å². The number of likely N-dealkylation sites (tertiary alicyclic amines) is 1. The summed E-state index contributed by atoms with van der Waals surface area (Å²) in [7, 11) is 3.32. The van der Waals surface area contributed by atoms with Crippen molar-refractivity contribution in [3.63, 3.8) is 0 Å². The molecule has 1 amide bonds. The molecule has 1 N–H and O–H groups in total. The van der Waals surface area contributed by atoms with Crippen LogP contribution in [-0.2, 0) is 11.2 Å². The van der Waals surface area contributed by atoms with Gasteiger partial charge < -0.3 is 19.7 Å². The first-order valence-corrected chi connectivity index (χ1v) is 9.95. The lowest BCUT2D eigenvalue weighted by atomic mass is 9.92. The summed E-state index contributed by atoms with van der Waals surface area (Å²) < 4.78 is 10.7. The van der Waals surface area contributed by atoms with Gasteiger partial charge in [0.1, 0.15) is 0 Å². The van der Waals surface area contributed by atoms with E-state index in [-0.39, 0.29) is 18.3 Å². The first kappa shape index (κ1) is 21.8. The summed E-state index contributed by atoms with van der Waals surface area (Å²) >= 11 is 0. The smallest absolute Gasteiger partial charge is 0.227 e. The van der Waals surface area contributed by atoms with Crippen LogP contribution in [0, 0.1) is 5.92 Å². The fourth-order valence-corrected chi connectivity index (χ4v) is 4.26. The zero-order chi connectivity index (χ0) is 18.4. The van der Waals surface area contributed by atoms with Crippen LogP contribution < -0.4 is 14.8 Å². The molecular weight excluding hydrogens is 364 g/mol. The average Bonchev–Trinajstić information content (AvgIpc) is 2.72. The van der Waals surface area contributed by atoms with Gasteiger partial charge in [-0.1, -0.05) is 6.07 Å². The van der Waals surface area contributed by atoms with Crippen molar-refractivity contribution in [1.29, 1.82) is 0 Å². The molecule has 1 aromatic rings. The van der Waals surface area contributed by atoms with E-state index in [0.29, 0.717) is 11.9 Å². The molecular formula is C21H33ClN2O3. The largest absolute Gasteiger partial charge is 0.493 e. The van der Waals surface area contributed by atoms with E-state index in [1.807, 2.05) is 6.07 Å². The Balaban J connectivity index is 0.00000261. The number of ether oxygens (including phenoxy) is 2. The number of nitrogens with zero attached hydrogens (tertiary/aromatic N) is 1. The molecule has 1 aromatic carbocycles. The number of piperidine rings is 2. The van der Waals surface area contributed by atoms with Gasteiger partial charge in [0, 0.05) is 19.1 Å². The van der Waals surface area contributed by atoms with Crippen molar-refractivity contribution in [2.24, 2.45) is 5.92 Å². The lowest BCUT2D eigenvalue weighted by Crippen LogP contribution is -2.49. The van der Waals surface area contributed by atoms with Crippen LogP contribution in [0.2, 0.25) is 0 Å². The monoisotopic (exact) mass is 396 g/mol. The number of rotatable bonds is 6. The fourth-order valence-electron chi connectivity index (χ4n) is 4.26. The van der Waals surface area contributed by atoms with Crippen molar-refractivity contribution in [3.8, 4) is 11.5 Å². The quantitative estimate of drug-likeness (QED) is 0.800. The number of amides is 1. The van der Waals surface area contributed by atoms with E-state index in [2.05, 4.69) is 22.3 Å². The summed E-state index contributed by atoms with van der Waals surface area (Å²) in [5.41, 5.74) is 1.24. The maximum Gasteiger partial charge on any atom is 0.227 e. The molecule has 2 heterocycles. The van der Waals surface area contributed by atoms with E-state index >= 15 is 0 Å². The molecule has 2 aliphatic heterocycles. The van der Waals surface area contributed by atoms with E-state index in [0.717, 1.165) is 69.7 Å². The van der Waals surface area contributed by atoms with Crippen LogP contribution in [0.1, 0.15) is 44.1 Å². The zero-order valence-corrected chi connectivity index (χ0v) is 17.4. The normalized spacial score (nSPS) is 22.7. The lowest BCUT2D eigenvalue weighted by Gasteiger charge is -2.39. The summed E-state index contributed by atoms with van der Waals surface area (Å²) in [5, 5.41) is 3.38. The highest BCUT2D eigenvalue weighted by Gasteiger charge is 2.31. The van der Waals surface area contributed by atoms with Crippen LogP contribution >= 0.6 is 12.4 Å². The molecule has 2 aliphatic rings. The predicted octanol–water partition coefficient (Wildman–Crippen LogP) is 3.44. The van der Waals surface area contributed by atoms with Crippen molar-refractivity contribution >= 4 is 18.3 Å². The molecule has 0 aliphatic carbocycles. The van der Waals surface area contributed by atoms with Gasteiger partial charge in [0.2, 0.25) is 5.91 Å². The Hall–Kier alpha value is -1.46. The zero-order valence-electron chi connectivity index (χ0n) is 16.5. The Kier molecular flexibility index (Phi) is 8.71. The van der Waals surface area contributed by atoms with Gasteiger partial charge in [0.05, 0.1) is 20.1 Å². The van der Waals surface area contributed by atoms with E-state index < -0.39 is 0 Å². The molecule has 3 rings (SSSR count). The van der Waals surface area contributed by atoms with Crippen LogP contribution in [0.5, 0.6) is 11.5 Å². The number of halogens is 1. The fraction of sp³-hybridized carbons (Fsp3) is 0.667. The molecule has 5 nitrogen and oxygen atoms in total. The Bertz CT molecular complexity index is 605. The van der Waals surface area contributed by atoms with Crippen LogP contribution in [0.3, 0.4) is 0 Å². The van der Waals surface area contributed by atoms with Gasteiger partial charge >= 0.3 is 0 Å². The van der Waals surface area contributed by atoms with Crippen molar-refractivity contribution in [3.05, 3.63) is 23.8 Å². The second-order valence-corrected chi connectivity index (χ2v) is 7.45. The number of hydrogen-bond acceptors (Lipinski definition) is 4. The Morgan fingerprint density at radius 2 is 1.96 bits per heavy atom. The van der Waals surface area contributed by atoms with Crippen molar-refractivity contribution in [1.82, 2.24) is 10.2 Å². The van der Waals surface area contributed by atoms with E-state index in [1.54, 1.807) is 14.2 Å². The number of nitrogens with one attached hydrogen (secondary N) is 1. The minimum absolute atomic E-state index is 0. The van der Waals surface area contributed by atoms with E-state index in [9.17, 15) is 4.79 Å². The molecule has 0 spiro atoms. The first-order chi connectivity index (χ1) is 12.7. The predicted molar refractivity (Wildman–Crippen MR) is 110 cm³/mol. The highest BCUT2D eigenvalue weighted by molar-refractivity contribution is 5.85. The molecule has 0 aromatic heterocycles. The maximum absolute atomic E-state index is 13.0. The molecule has 27 heavy (non-hydrogen) atoms. The second-order valence-electron chi connectivity index (χ2n) is 7.45. The maximum atomic E-state index is 13.0. The van der Waals surface area contributed by atoms with Crippen LogP contribution in [-0.4, -0.2) is 50.7 Å². The van der Waals surface area contributed by atoms with Crippen molar-refractivity contribution < 1.29 is 14.3 Å². The van der Waals surface area contributed by atoms with Gasteiger partial charge in [-0.3, -0.25) is 4.79 Å².